The Morgan fingerprint density at radius 3 is 2.48 bits per heavy atom. The van der Waals surface area contributed by atoms with Gasteiger partial charge in [0.05, 0.1) is 5.41 Å². The molecule has 1 unspecified atom stereocenters. The standard InChI is InChI=1S/C14H18Cl2N2O3S2/c1-13(9-14(13,15)16)12(19)18-6-4-10(5-7-18)17-23(20,21)11-3-2-8-22-11/h2-3,8,10,17H,4-7,9H2,1H3. The van der Waals surface area contributed by atoms with Crippen LogP contribution in [0.5, 0.6) is 0 Å². The Morgan fingerprint density at radius 1 is 1.39 bits per heavy atom. The van der Waals surface area contributed by atoms with Gasteiger partial charge in [-0.1, -0.05) is 6.07 Å². The molecule has 2 aliphatic rings. The highest BCUT2D eigenvalue weighted by Crippen LogP contribution is 2.64. The summed E-state index contributed by atoms with van der Waals surface area (Å²) >= 11 is 13.3. The maximum Gasteiger partial charge on any atom is 0.250 e. The number of amides is 1. The number of alkyl halides is 2. The summed E-state index contributed by atoms with van der Waals surface area (Å²) < 4.78 is 26.5. The summed E-state index contributed by atoms with van der Waals surface area (Å²) in [5.74, 6) is -0.0398. The summed E-state index contributed by atoms with van der Waals surface area (Å²) in [6, 6.07) is 3.14. The van der Waals surface area contributed by atoms with Gasteiger partial charge in [-0.2, -0.15) is 0 Å². The number of likely N-dealkylation sites (tertiary alicyclic amines) is 1. The van der Waals surface area contributed by atoms with Crippen LogP contribution in [0.15, 0.2) is 21.7 Å². The summed E-state index contributed by atoms with van der Waals surface area (Å²) in [5.41, 5.74) is -0.709. The first-order valence-corrected chi connectivity index (χ1v) is 10.5. The Labute approximate surface area is 150 Å². The Balaban J connectivity index is 1.56. The number of carbonyl (C=O) groups excluding carboxylic acids is 1. The van der Waals surface area contributed by atoms with Crippen molar-refractivity contribution in [1.29, 1.82) is 0 Å². The summed E-state index contributed by atoms with van der Waals surface area (Å²) in [4.78, 5) is 14.2. The van der Waals surface area contributed by atoms with Crippen molar-refractivity contribution in [3.8, 4) is 0 Å². The maximum atomic E-state index is 12.5. The fraction of sp³-hybridized carbons (Fsp3) is 0.643. The van der Waals surface area contributed by atoms with Gasteiger partial charge < -0.3 is 4.90 Å². The van der Waals surface area contributed by atoms with Crippen LogP contribution in [-0.4, -0.2) is 42.7 Å². The quantitative estimate of drug-likeness (QED) is 0.795. The monoisotopic (exact) mass is 396 g/mol. The smallest absolute Gasteiger partial charge is 0.250 e. The van der Waals surface area contributed by atoms with Gasteiger partial charge in [0.25, 0.3) is 0 Å². The first-order valence-electron chi connectivity index (χ1n) is 7.39. The van der Waals surface area contributed by atoms with Gasteiger partial charge in [0, 0.05) is 19.1 Å². The van der Waals surface area contributed by atoms with Crippen molar-refractivity contribution in [2.45, 2.75) is 40.8 Å². The molecule has 0 radical (unpaired) electrons. The SMILES string of the molecule is CC1(C(=O)N2CCC(NS(=O)(=O)c3cccs3)CC2)CC1(Cl)Cl. The summed E-state index contributed by atoms with van der Waals surface area (Å²) in [7, 11) is -3.47. The lowest BCUT2D eigenvalue weighted by Crippen LogP contribution is -2.48. The largest absolute Gasteiger partial charge is 0.342 e. The van der Waals surface area contributed by atoms with Gasteiger partial charge in [0.15, 0.2) is 0 Å². The highest BCUT2D eigenvalue weighted by atomic mass is 35.5. The molecule has 2 fully saturated rings. The van der Waals surface area contributed by atoms with Crippen molar-refractivity contribution < 1.29 is 13.2 Å². The molecule has 1 atom stereocenters. The van der Waals surface area contributed by atoms with Gasteiger partial charge in [0.2, 0.25) is 15.9 Å². The molecule has 1 aliphatic heterocycles. The zero-order valence-corrected chi connectivity index (χ0v) is 15.7. The molecule has 1 amide bonds. The van der Waals surface area contributed by atoms with Crippen molar-refractivity contribution in [1.82, 2.24) is 9.62 Å². The molecule has 9 heteroatoms. The number of nitrogens with one attached hydrogen (secondary N) is 1. The zero-order chi connectivity index (χ0) is 16.9. The number of nitrogens with zero attached hydrogens (tertiary/aromatic N) is 1. The number of hydrogen-bond acceptors (Lipinski definition) is 4. The Bertz CT molecular complexity index is 698. The Morgan fingerprint density at radius 2 is 2.00 bits per heavy atom. The number of thiophene rings is 1. The maximum absolute atomic E-state index is 12.5. The number of rotatable bonds is 4. The van der Waals surface area contributed by atoms with Gasteiger partial charge in [-0.25, -0.2) is 13.1 Å². The van der Waals surface area contributed by atoms with E-state index in [1.54, 1.807) is 29.3 Å². The van der Waals surface area contributed by atoms with Crippen LogP contribution in [0.1, 0.15) is 26.2 Å². The van der Waals surface area contributed by atoms with E-state index in [9.17, 15) is 13.2 Å². The van der Waals surface area contributed by atoms with E-state index in [1.807, 2.05) is 0 Å². The molecule has 5 nitrogen and oxygen atoms in total. The third kappa shape index (κ3) is 3.26. The molecule has 128 valence electrons. The lowest BCUT2D eigenvalue weighted by molar-refractivity contribution is -0.137. The number of halogens is 2. The second-order valence-electron chi connectivity index (χ2n) is 6.33. The molecule has 1 saturated heterocycles. The minimum absolute atomic E-state index is 0.0398. The van der Waals surface area contributed by atoms with Gasteiger partial charge in [-0.3, -0.25) is 4.79 Å². The third-order valence-electron chi connectivity index (χ3n) is 4.59. The number of carbonyl (C=O) groups is 1. The lowest BCUT2D eigenvalue weighted by atomic mass is 10.0. The van der Waals surface area contributed by atoms with Gasteiger partial charge in [-0.05, 0) is 37.6 Å². The first kappa shape index (κ1) is 17.5. The molecule has 1 N–H and O–H groups in total. The molecule has 0 spiro atoms. The minimum Gasteiger partial charge on any atom is -0.342 e. The average molecular weight is 397 g/mol. The Kier molecular flexibility index (Phi) is 4.47. The number of sulfonamides is 1. The van der Waals surface area contributed by atoms with Crippen molar-refractivity contribution in [3.05, 3.63) is 17.5 Å². The molecule has 1 aromatic heterocycles. The minimum atomic E-state index is -3.47. The molecular weight excluding hydrogens is 379 g/mol. The molecule has 1 aromatic rings. The Hall–Kier alpha value is -0.340. The van der Waals surface area contributed by atoms with Crippen molar-refractivity contribution in [2.24, 2.45) is 5.41 Å². The second-order valence-corrected chi connectivity index (χ2v) is 10.7. The van der Waals surface area contributed by atoms with E-state index in [-0.39, 0.29) is 11.9 Å². The highest BCUT2D eigenvalue weighted by molar-refractivity contribution is 7.91. The first-order chi connectivity index (χ1) is 10.7. The molecule has 3 rings (SSSR count). The van der Waals surface area contributed by atoms with Crippen LogP contribution in [0.2, 0.25) is 0 Å². The van der Waals surface area contributed by atoms with E-state index in [0.717, 1.165) is 0 Å². The van der Waals surface area contributed by atoms with Crippen LogP contribution in [0.4, 0.5) is 0 Å². The van der Waals surface area contributed by atoms with E-state index in [0.29, 0.717) is 36.6 Å². The fourth-order valence-corrected chi connectivity index (χ4v) is 5.89. The van der Waals surface area contributed by atoms with Crippen LogP contribution in [0.25, 0.3) is 0 Å². The topological polar surface area (TPSA) is 66.5 Å². The molecule has 1 saturated carbocycles. The van der Waals surface area contributed by atoms with Crippen LogP contribution in [0, 0.1) is 5.41 Å². The summed E-state index contributed by atoms with van der Waals surface area (Å²) in [6.07, 6.45) is 1.64. The summed E-state index contributed by atoms with van der Waals surface area (Å²) in [6.45, 7) is 2.80. The van der Waals surface area contributed by atoms with E-state index in [4.69, 9.17) is 23.2 Å². The molecular formula is C14H18Cl2N2O3S2. The highest BCUT2D eigenvalue weighted by Gasteiger charge is 2.68. The normalized spacial score (nSPS) is 27.9. The summed E-state index contributed by atoms with van der Waals surface area (Å²) in [5, 5.41) is 1.73. The lowest BCUT2D eigenvalue weighted by Gasteiger charge is -2.34. The second kappa shape index (κ2) is 5.88. The molecule has 23 heavy (non-hydrogen) atoms. The molecule has 1 aliphatic carbocycles. The number of piperidine rings is 1. The van der Waals surface area contributed by atoms with E-state index < -0.39 is 19.8 Å². The molecule has 2 heterocycles. The van der Waals surface area contributed by atoms with Crippen molar-refractivity contribution in [3.63, 3.8) is 0 Å². The third-order valence-corrected chi connectivity index (χ3v) is 8.61. The van der Waals surface area contributed by atoms with E-state index >= 15 is 0 Å². The van der Waals surface area contributed by atoms with Crippen molar-refractivity contribution in [2.75, 3.05) is 13.1 Å². The molecule has 0 aromatic carbocycles. The van der Waals surface area contributed by atoms with E-state index in [1.165, 1.54) is 11.3 Å². The van der Waals surface area contributed by atoms with Crippen LogP contribution < -0.4 is 4.72 Å². The average Bonchev–Trinajstić information content (AvgIpc) is 2.88. The number of hydrogen-bond donors (Lipinski definition) is 1. The zero-order valence-electron chi connectivity index (χ0n) is 12.6. The van der Waals surface area contributed by atoms with Crippen LogP contribution in [-0.2, 0) is 14.8 Å². The van der Waals surface area contributed by atoms with Gasteiger partial charge in [0.1, 0.15) is 8.54 Å². The van der Waals surface area contributed by atoms with Crippen LogP contribution in [0.3, 0.4) is 0 Å². The predicted octanol–water partition coefficient (Wildman–Crippen LogP) is 2.60. The van der Waals surface area contributed by atoms with Crippen LogP contribution >= 0.6 is 34.5 Å². The van der Waals surface area contributed by atoms with Gasteiger partial charge in [-0.15, -0.1) is 34.5 Å². The van der Waals surface area contributed by atoms with Gasteiger partial charge >= 0.3 is 0 Å². The fourth-order valence-electron chi connectivity index (χ4n) is 2.88. The predicted molar refractivity (Wildman–Crippen MR) is 91.4 cm³/mol. The van der Waals surface area contributed by atoms with E-state index in [2.05, 4.69) is 4.72 Å². The van der Waals surface area contributed by atoms with Crippen molar-refractivity contribution >= 4 is 50.5 Å². The molecule has 0 bridgehead atoms.